The number of hydrogen-bond donors (Lipinski definition) is 1. The third-order valence-electron chi connectivity index (χ3n) is 3.66. The molecule has 0 aliphatic carbocycles. The molecule has 25 heavy (non-hydrogen) atoms. The Bertz CT molecular complexity index is 909. The molecule has 134 valence electrons. The number of amides is 1. The zero-order valence-electron chi connectivity index (χ0n) is 14.5. The maximum absolute atomic E-state index is 12.4. The van der Waals surface area contributed by atoms with Gasteiger partial charge in [-0.2, -0.15) is 0 Å². The summed E-state index contributed by atoms with van der Waals surface area (Å²) in [5.41, 5.74) is 2.29. The number of sulfone groups is 1. The van der Waals surface area contributed by atoms with Crippen LogP contribution < -0.4 is 10.1 Å². The first kappa shape index (κ1) is 19.5. The minimum Gasteiger partial charge on any atom is -0.480 e. The third-order valence-corrected chi connectivity index (χ3v) is 5.39. The van der Waals surface area contributed by atoms with Crippen LogP contribution in [0.15, 0.2) is 45.8 Å². The predicted molar refractivity (Wildman–Crippen MR) is 102 cm³/mol. The van der Waals surface area contributed by atoms with Gasteiger partial charge in [-0.05, 0) is 72.1 Å². The molecule has 0 fully saturated rings. The molecular weight excluding hydrogens is 406 g/mol. The lowest BCUT2D eigenvalue weighted by Gasteiger charge is -2.17. The largest absolute Gasteiger partial charge is 0.480 e. The molecule has 0 saturated carbocycles. The van der Waals surface area contributed by atoms with Crippen molar-refractivity contribution in [2.75, 3.05) is 11.6 Å². The van der Waals surface area contributed by atoms with E-state index in [4.69, 9.17) is 4.74 Å². The van der Waals surface area contributed by atoms with Gasteiger partial charge in [0.1, 0.15) is 5.75 Å². The van der Waals surface area contributed by atoms with E-state index in [9.17, 15) is 13.2 Å². The van der Waals surface area contributed by atoms with Crippen LogP contribution in [0.4, 0.5) is 5.69 Å². The molecule has 0 aromatic heterocycles. The van der Waals surface area contributed by atoms with Gasteiger partial charge in [0.05, 0.1) is 9.37 Å². The number of ether oxygens (including phenoxy) is 1. The van der Waals surface area contributed by atoms with Crippen molar-refractivity contribution >= 4 is 37.4 Å². The normalized spacial score (nSPS) is 12.5. The van der Waals surface area contributed by atoms with Crippen molar-refractivity contribution in [1.82, 2.24) is 0 Å². The molecule has 0 spiro atoms. The molecule has 2 aromatic carbocycles. The van der Waals surface area contributed by atoms with Gasteiger partial charge in [0.25, 0.3) is 5.91 Å². The van der Waals surface area contributed by atoms with Gasteiger partial charge in [0, 0.05) is 11.9 Å². The molecule has 1 unspecified atom stereocenters. The maximum atomic E-state index is 12.4. The summed E-state index contributed by atoms with van der Waals surface area (Å²) in [6.45, 7) is 5.39. The molecule has 0 aliphatic rings. The van der Waals surface area contributed by atoms with E-state index < -0.39 is 15.9 Å². The highest BCUT2D eigenvalue weighted by Crippen LogP contribution is 2.27. The Morgan fingerprint density at radius 1 is 1.16 bits per heavy atom. The minimum atomic E-state index is -3.35. The fraction of sp³-hybridized carbons (Fsp3) is 0.278. The van der Waals surface area contributed by atoms with Gasteiger partial charge in [-0.15, -0.1) is 0 Å². The summed E-state index contributed by atoms with van der Waals surface area (Å²) in [6, 6.07) is 10.2. The highest BCUT2D eigenvalue weighted by Gasteiger charge is 2.18. The van der Waals surface area contributed by atoms with Crippen molar-refractivity contribution in [2.45, 2.75) is 31.8 Å². The van der Waals surface area contributed by atoms with Crippen molar-refractivity contribution in [1.29, 1.82) is 0 Å². The number of aryl methyl sites for hydroxylation is 2. The van der Waals surface area contributed by atoms with Gasteiger partial charge >= 0.3 is 0 Å². The van der Waals surface area contributed by atoms with E-state index in [1.165, 1.54) is 12.1 Å². The first-order valence-corrected chi connectivity index (χ1v) is 10.3. The smallest absolute Gasteiger partial charge is 0.265 e. The van der Waals surface area contributed by atoms with Crippen LogP contribution in [-0.4, -0.2) is 26.7 Å². The average molecular weight is 426 g/mol. The third kappa shape index (κ3) is 5.06. The number of benzene rings is 2. The van der Waals surface area contributed by atoms with Gasteiger partial charge < -0.3 is 10.1 Å². The monoisotopic (exact) mass is 425 g/mol. The van der Waals surface area contributed by atoms with E-state index in [2.05, 4.69) is 21.2 Å². The van der Waals surface area contributed by atoms with Crippen LogP contribution in [0.2, 0.25) is 0 Å². The zero-order valence-corrected chi connectivity index (χ0v) is 16.9. The van der Waals surface area contributed by atoms with E-state index in [-0.39, 0.29) is 10.8 Å². The Balaban J connectivity index is 2.16. The summed E-state index contributed by atoms with van der Waals surface area (Å²) in [6.07, 6.45) is 0.379. The first-order chi connectivity index (χ1) is 11.6. The zero-order chi connectivity index (χ0) is 18.8. The topological polar surface area (TPSA) is 72.5 Å². The van der Waals surface area contributed by atoms with E-state index in [1.807, 2.05) is 19.1 Å². The molecule has 1 N–H and O–H groups in total. The van der Waals surface area contributed by atoms with Crippen LogP contribution in [0.25, 0.3) is 0 Å². The van der Waals surface area contributed by atoms with Crippen molar-refractivity contribution < 1.29 is 17.9 Å². The summed E-state index contributed by atoms with van der Waals surface area (Å²) in [4.78, 5) is 12.6. The fourth-order valence-electron chi connectivity index (χ4n) is 2.15. The van der Waals surface area contributed by atoms with E-state index in [0.29, 0.717) is 11.4 Å². The molecule has 0 radical (unpaired) electrons. The number of hydrogen-bond acceptors (Lipinski definition) is 4. The molecule has 7 heteroatoms. The first-order valence-electron chi connectivity index (χ1n) is 7.62. The van der Waals surface area contributed by atoms with Crippen molar-refractivity contribution in [2.24, 2.45) is 0 Å². The van der Waals surface area contributed by atoms with Crippen LogP contribution >= 0.6 is 15.9 Å². The van der Waals surface area contributed by atoms with Gasteiger partial charge in [0.2, 0.25) is 0 Å². The molecule has 5 nitrogen and oxygen atoms in total. The molecular formula is C18H20BrNO4S. The average Bonchev–Trinajstić information content (AvgIpc) is 2.50. The lowest BCUT2D eigenvalue weighted by Crippen LogP contribution is -2.30. The second-order valence-corrected chi connectivity index (χ2v) is 8.80. The van der Waals surface area contributed by atoms with Crippen molar-refractivity contribution in [3.63, 3.8) is 0 Å². The Labute approximate surface area is 156 Å². The van der Waals surface area contributed by atoms with Crippen LogP contribution in [0, 0.1) is 13.8 Å². The molecule has 0 aliphatic heterocycles. The number of nitrogens with one attached hydrogen (secondary N) is 1. The minimum absolute atomic E-state index is 0.156. The van der Waals surface area contributed by atoms with Crippen LogP contribution in [0.5, 0.6) is 5.75 Å². The van der Waals surface area contributed by atoms with E-state index >= 15 is 0 Å². The van der Waals surface area contributed by atoms with Crippen molar-refractivity contribution in [3.05, 3.63) is 52.0 Å². The number of carbonyl (C=O) groups is 1. The van der Waals surface area contributed by atoms with Crippen LogP contribution in [0.3, 0.4) is 0 Å². The maximum Gasteiger partial charge on any atom is 0.265 e. The highest BCUT2D eigenvalue weighted by molar-refractivity contribution is 9.10. The number of carbonyl (C=O) groups excluding carboxylic acids is 1. The summed E-state index contributed by atoms with van der Waals surface area (Å²) >= 11 is 3.41. The highest BCUT2D eigenvalue weighted by atomic mass is 79.9. The SMILES string of the molecule is Cc1ccc(OC(C)C(=O)Nc2cc(S(C)(=O)=O)ccc2C)c(Br)c1. The predicted octanol–water partition coefficient (Wildman–Crippen LogP) is 3.88. The molecule has 0 saturated heterocycles. The van der Waals surface area contributed by atoms with Gasteiger partial charge in [-0.1, -0.05) is 12.1 Å². The Kier molecular flexibility index (Phi) is 5.90. The van der Waals surface area contributed by atoms with Crippen LogP contribution in [-0.2, 0) is 14.6 Å². The lowest BCUT2D eigenvalue weighted by atomic mass is 10.2. The molecule has 2 aromatic rings. The quantitative estimate of drug-likeness (QED) is 0.788. The van der Waals surface area contributed by atoms with E-state index in [0.717, 1.165) is 21.9 Å². The second-order valence-electron chi connectivity index (χ2n) is 5.93. The number of halogens is 1. The number of anilines is 1. The molecule has 2 rings (SSSR count). The lowest BCUT2D eigenvalue weighted by molar-refractivity contribution is -0.122. The van der Waals surface area contributed by atoms with Crippen LogP contribution in [0.1, 0.15) is 18.1 Å². The Morgan fingerprint density at radius 2 is 1.84 bits per heavy atom. The summed E-state index contributed by atoms with van der Waals surface area (Å²) < 4.78 is 29.8. The summed E-state index contributed by atoms with van der Waals surface area (Å²) in [7, 11) is -3.35. The summed E-state index contributed by atoms with van der Waals surface area (Å²) in [5.74, 6) is 0.205. The van der Waals surface area contributed by atoms with Crippen molar-refractivity contribution in [3.8, 4) is 5.75 Å². The summed E-state index contributed by atoms with van der Waals surface area (Å²) in [5, 5.41) is 2.73. The standard InChI is InChI=1S/C18H20BrNO4S/c1-11-5-8-17(15(19)9-11)24-13(3)18(21)20-16-10-14(25(4,22)23)7-6-12(16)2/h5-10,13H,1-4H3,(H,20,21). The molecule has 1 amide bonds. The van der Waals surface area contributed by atoms with Gasteiger partial charge in [-0.25, -0.2) is 8.42 Å². The van der Waals surface area contributed by atoms with E-state index in [1.54, 1.807) is 26.0 Å². The second kappa shape index (κ2) is 7.58. The fourth-order valence-corrected chi connectivity index (χ4v) is 3.38. The molecule has 1 atom stereocenters. The molecule has 0 bridgehead atoms. The Morgan fingerprint density at radius 3 is 2.44 bits per heavy atom. The Hall–Kier alpha value is -1.86. The number of rotatable bonds is 5. The van der Waals surface area contributed by atoms with Gasteiger partial charge in [-0.3, -0.25) is 4.79 Å². The molecule has 0 heterocycles. The van der Waals surface area contributed by atoms with Gasteiger partial charge in [0.15, 0.2) is 15.9 Å².